The first-order valence-corrected chi connectivity index (χ1v) is 12.0. The zero-order valence-electron chi connectivity index (χ0n) is 20.0. The van der Waals surface area contributed by atoms with Crippen molar-refractivity contribution in [3.05, 3.63) is 0 Å². The first kappa shape index (κ1) is 24.1. The van der Waals surface area contributed by atoms with Crippen LogP contribution in [0.2, 0.25) is 0 Å². The van der Waals surface area contributed by atoms with Crippen molar-refractivity contribution in [1.82, 2.24) is 9.80 Å². The van der Waals surface area contributed by atoms with Gasteiger partial charge in [-0.3, -0.25) is 9.80 Å². The van der Waals surface area contributed by atoms with Crippen LogP contribution in [0.3, 0.4) is 0 Å². The van der Waals surface area contributed by atoms with Crippen LogP contribution < -0.4 is 0 Å². The molecular formula is C24H48N2O2. The van der Waals surface area contributed by atoms with Gasteiger partial charge >= 0.3 is 0 Å². The van der Waals surface area contributed by atoms with E-state index in [4.69, 9.17) is 9.47 Å². The van der Waals surface area contributed by atoms with Crippen LogP contribution in [0.1, 0.15) is 93.9 Å². The number of rotatable bonds is 7. The second-order valence-electron chi connectivity index (χ2n) is 9.84. The SMILES string of the molecule is CC(C)OC(C)C12CCCN1CCC2.CCN1C(C)CCC1[C@H](C)OC(C)C. The van der Waals surface area contributed by atoms with Gasteiger partial charge in [-0.2, -0.15) is 0 Å². The normalized spacial score (nSPS) is 29.8. The van der Waals surface area contributed by atoms with Gasteiger partial charge in [0.25, 0.3) is 0 Å². The minimum atomic E-state index is 0.347. The number of hydrogen-bond donors (Lipinski definition) is 0. The van der Waals surface area contributed by atoms with Gasteiger partial charge in [0.2, 0.25) is 0 Å². The van der Waals surface area contributed by atoms with Crippen molar-refractivity contribution in [3.8, 4) is 0 Å². The summed E-state index contributed by atoms with van der Waals surface area (Å²) in [6, 6.07) is 1.38. The second-order valence-corrected chi connectivity index (χ2v) is 9.84. The molecular weight excluding hydrogens is 348 g/mol. The van der Waals surface area contributed by atoms with E-state index < -0.39 is 0 Å². The molecule has 3 unspecified atom stereocenters. The molecule has 0 aromatic carbocycles. The van der Waals surface area contributed by atoms with Crippen LogP contribution >= 0.6 is 0 Å². The molecule has 166 valence electrons. The van der Waals surface area contributed by atoms with E-state index >= 15 is 0 Å². The third-order valence-corrected chi connectivity index (χ3v) is 7.20. The molecule has 0 saturated carbocycles. The molecule has 3 rings (SSSR count). The number of likely N-dealkylation sites (tertiary alicyclic amines) is 1. The van der Waals surface area contributed by atoms with E-state index in [-0.39, 0.29) is 0 Å². The Bertz CT molecular complexity index is 444. The van der Waals surface area contributed by atoms with Crippen molar-refractivity contribution in [2.24, 2.45) is 0 Å². The van der Waals surface area contributed by atoms with Crippen molar-refractivity contribution in [3.63, 3.8) is 0 Å². The predicted molar refractivity (Wildman–Crippen MR) is 119 cm³/mol. The highest BCUT2D eigenvalue weighted by Gasteiger charge is 2.48. The maximum atomic E-state index is 6.00. The summed E-state index contributed by atoms with van der Waals surface area (Å²) in [5, 5.41) is 0. The molecule has 0 aliphatic carbocycles. The van der Waals surface area contributed by atoms with E-state index in [9.17, 15) is 0 Å². The first-order valence-electron chi connectivity index (χ1n) is 12.0. The molecule has 0 radical (unpaired) electrons. The maximum Gasteiger partial charge on any atom is 0.0734 e. The molecule has 4 heteroatoms. The fraction of sp³-hybridized carbons (Fsp3) is 1.00. The van der Waals surface area contributed by atoms with E-state index in [0.717, 1.165) is 12.6 Å². The molecule has 0 aromatic rings. The van der Waals surface area contributed by atoms with Crippen LogP contribution in [-0.4, -0.2) is 71.5 Å². The van der Waals surface area contributed by atoms with Crippen LogP contribution in [0.5, 0.6) is 0 Å². The van der Waals surface area contributed by atoms with E-state index in [1.54, 1.807) is 0 Å². The van der Waals surface area contributed by atoms with Crippen LogP contribution in [0, 0.1) is 0 Å². The van der Waals surface area contributed by atoms with Crippen LogP contribution in [0.25, 0.3) is 0 Å². The zero-order chi connectivity index (χ0) is 20.9. The summed E-state index contributed by atoms with van der Waals surface area (Å²) in [7, 11) is 0. The summed E-state index contributed by atoms with van der Waals surface area (Å²) in [5.74, 6) is 0. The lowest BCUT2D eigenvalue weighted by molar-refractivity contribution is -0.0599. The van der Waals surface area contributed by atoms with Crippen molar-refractivity contribution >= 4 is 0 Å². The van der Waals surface area contributed by atoms with E-state index in [2.05, 4.69) is 65.2 Å². The number of ether oxygens (including phenoxy) is 2. The maximum absolute atomic E-state index is 6.00. The Morgan fingerprint density at radius 3 is 1.96 bits per heavy atom. The molecule has 3 heterocycles. The molecule has 3 aliphatic heterocycles. The molecule has 4 atom stereocenters. The summed E-state index contributed by atoms with van der Waals surface area (Å²) in [6.45, 7) is 21.3. The van der Waals surface area contributed by atoms with Crippen LogP contribution in [-0.2, 0) is 9.47 Å². The van der Waals surface area contributed by atoms with E-state index in [0.29, 0.717) is 36.0 Å². The third kappa shape index (κ3) is 5.71. The average molecular weight is 397 g/mol. The minimum Gasteiger partial charge on any atom is -0.374 e. The number of likely N-dealkylation sites (N-methyl/N-ethyl adjacent to an activating group) is 1. The standard InChI is InChI=1S/C12H23NO.C12H25NO/c1-10(2)14-11(3)12-6-4-8-13(12)9-5-7-12;1-6-13-10(4)7-8-12(13)11(5)14-9(2)3/h10-11H,4-9H2,1-3H3;9-12H,6-8H2,1-5H3/t;10?,11-,12?/m.0/s1. The molecule has 4 nitrogen and oxygen atoms in total. The molecule has 0 amide bonds. The molecule has 28 heavy (non-hydrogen) atoms. The summed E-state index contributed by atoms with van der Waals surface area (Å²) in [4.78, 5) is 5.24. The summed E-state index contributed by atoms with van der Waals surface area (Å²) in [5.41, 5.74) is 0.407. The highest BCUT2D eigenvalue weighted by Crippen LogP contribution is 2.42. The van der Waals surface area contributed by atoms with Crippen molar-refractivity contribution in [2.75, 3.05) is 19.6 Å². The molecule has 3 saturated heterocycles. The molecule has 3 fully saturated rings. The summed E-state index contributed by atoms with van der Waals surface area (Å²) >= 11 is 0. The third-order valence-electron chi connectivity index (χ3n) is 7.20. The highest BCUT2D eigenvalue weighted by atomic mass is 16.5. The predicted octanol–water partition coefficient (Wildman–Crippen LogP) is 5.10. The average Bonchev–Trinajstić information content (AvgIpc) is 3.27. The van der Waals surface area contributed by atoms with Gasteiger partial charge in [0.05, 0.1) is 24.4 Å². The Balaban J connectivity index is 0.000000200. The number of fused-ring (bicyclic) bond motifs is 1. The molecule has 0 aromatic heterocycles. The largest absolute Gasteiger partial charge is 0.374 e. The Morgan fingerprint density at radius 2 is 1.46 bits per heavy atom. The fourth-order valence-electron chi connectivity index (χ4n) is 5.99. The van der Waals surface area contributed by atoms with E-state index in [1.807, 2.05) is 0 Å². The Hall–Kier alpha value is -0.160. The van der Waals surface area contributed by atoms with Crippen molar-refractivity contribution < 1.29 is 9.47 Å². The molecule has 3 aliphatic rings. The van der Waals surface area contributed by atoms with Gasteiger partial charge in [0, 0.05) is 17.6 Å². The van der Waals surface area contributed by atoms with Crippen molar-refractivity contribution in [1.29, 1.82) is 0 Å². The topological polar surface area (TPSA) is 24.9 Å². The Labute approximate surface area is 175 Å². The van der Waals surface area contributed by atoms with Crippen LogP contribution in [0.4, 0.5) is 0 Å². The highest BCUT2D eigenvalue weighted by molar-refractivity contribution is 5.04. The van der Waals surface area contributed by atoms with E-state index in [1.165, 1.54) is 51.6 Å². The van der Waals surface area contributed by atoms with Gasteiger partial charge in [-0.15, -0.1) is 0 Å². The quantitative estimate of drug-likeness (QED) is 0.597. The fourth-order valence-corrected chi connectivity index (χ4v) is 5.99. The Kier molecular flexibility index (Phi) is 9.25. The lowest BCUT2D eigenvalue weighted by Crippen LogP contribution is -2.49. The number of hydrogen-bond acceptors (Lipinski definition) is 4. The lowest BCUT2D eigenvalue weighted by Gasteiger charge is -2.38. The minimum absolute atomic E-state index is 0.347. The zero-order valence-corrected chi connectivity index (χ0v) is 20.0. The lowest BCUT2D eigenvalue weighted by atomic mass is 9.88. The van der Waals surface area contributed by atoms with Gasteiger partial charge < -0.3 is 9.47 Å². The second kappa shape index (κ2) is 10.7. The van der Waals surface area contributed by atoms with Gasteiger partial charge in [-0.05, 0) is 107 Å². The molecule has 0 bridgehead atoms. The summed E-state index contributed by atoms with van der Waals surface area (Å²) < 4.78 is 11.9. The molecule has 0 spiro atoms. The van der Waals surface area contributed by atoms with Gasteiger partial charge in [0.15, 0.2) is 0 Å². The summed E-state index contributed by atoms with van der Waals surface area (Å²) in [6.07, 6.45) is 9.54. The van der Waals surface area contributed by atoms with Crippen LogP contribution in [0.15, 0.2) is 0 Å². The van der Waals surface area contributed by atoms with Gasteiger partial charge in [-0.25, -0.2) is 0 Å². The number of nitrogens with zero attached hydrogens (tertiary/aromatic N) is 2. The van der Waals surface area contributed by atoms with Gasteiger partial charge in [0.1, 0.15) is 0 Å². The monoisotopic (exact) mass is 396 g/mol. The smallest absolute Gasteiger partial charge is 0.0734 e. The first-order chi connectivity index (χ1) is 13.2. The Morgan fingerprint density at radius 1 is 0.893 bits per heavy atom. The molecule has 0 N–H and O–H groups in total. The van der Waals surface area contributed by atoms with Crippen molar-refractivity contribution in [2.45, 2.75) is 136 Å². The van der Waals surface area contributed by atoms with Gasteiger partial charge in [-0.1, -0.05) is 6.92 Å².